The van der Waals surface area contributed by atoms with Crippen LogP contribution in [0.4, 0.5) is 10.1 Å². The van der Waals surface area contributed by atoms with E-state index in [2.05, 4.69) is 26.7 Å². The first kappa shape index (κ1) is 21.2. The van der Waals surface area contributed by atoms with Crippen LogP contribution in [-0.4, -0.2) is 64.6 Å². The fourth-order valence-electron chi connectivity index (χ4n) is 3.27. The van der Waals surface area contributed by atoms with E-state index in [0.29, 0.717) is 24.7 Å². The number of aromatic nitrogens is 1. The van der Waals surface area contributed by atoms with Crippen LogP contribution in [0.5, 0.6) is 0 Å². The van der Waals surface area contributed by atoms with Gasteiger partial charge in [-0.2, -0.15) is 0 Å². The highest BCUT2D eigenvalue weighted by atomic mass is 19.1. The van der Waals surface area contributed by atoms with Crippen LogP contribution in [0.1, 0.15) is 29.2 Å². The van der Waals surface area contributed by atoms with Crippen LogP contribution in [-0.2, 0) is 6.54 Å². The first-order valence-electron chi connectivity index (χ1n) is 9.78. The fourth-order valence-corrected chi connectivity index (χ4v) is 3.27. The molecule has 0 saturated carbocycles. The molecule has 1 saturated heterocycles. The summed E-state index contributed by atoms with van der Waals surface area (Å²) >= 11 is 0. The topological polar surface area (TPSA) is 81.8 Å². The minimum absolute atomic E-state index is 0.160. The van der Waals surface area contributed by atoms with E-state index in [1.54, 1.807) is 6.07 Å². The quantitative estimate of drug-likeness (QED) is 0.628. The highest BCUT2D eigenvalue weighted by Crippen LogP contribution is 2.13. The predicted molar refractivity (Wildman–Crippen MR) is 108 cm³/mol. The molecule has 3 rings (SSSR count). The third-order valence-electron chi connectivity index (χ3n) is 4.86. The van der Waals surface area contributed by atoms with E-state index in [9.17, 15) is 14.3 Å². The number of carbonyl (C=O) groups is 1. The number of piperazine rings is 1. The van der Waals surface area contributed by atoms with Gasteiger partial charge in [0.05, 0.1) is 12.6 Å². The van der Waals surface area contributed by atoms with Crippen molar-refractivity contribution < 1.29 is 18.7 Å². The summed E-state index contributed by atoms with van der Waals surface area (Å²) in [4.78, 5) is 20.9. The van der Waals surface area contributed by atoms with Gasteiger partial charge < -0.3 is 14.8 Å². The number of benzene rings is 1. The summed E-state index contributed by atoms with van der Waals surface area (Å²) in [5, 5.41) is 12.6. The molecule has 2 N–H and O–H groups in total. The lowest BCUT2D eigenvalue weighted by atomic mass is 10.1. The number of nitrogens with zero attached hydrogens (tertiary/aromatic N) is 3. The third-order valence-corrected chi connectivity index (χ3v) is 4.86. The molecule has 2 aromatic rings. The highest BCUT2D eigenvalue weighted by Gasteiger charge is 2.21. The largest absolute Gasteiger partial charge is 0.447 e. The zero-order valence-corrected chi connectivity index (χ0v) is 16.4. The number of aliphatic hydroxyl groups is 1. The Morgan fingerprint density at radius 1 is 1.34 bits per heavy atom. The number of β-amino-alcohol motifs (C(OH)–C–C–N with tert-alkyl or cyclic N) is 1. The molecule has 156 valence electrons. The summed E-state index contributed by atoms with van der Waals surface area (Å²) in [7, 11) is 0. The first-order valence-corrected chi connectivity index (χ1v) is 9.78. The Kier molecular flexibility index (Phi) is 7.51. The normalized spacial score (nSPS) is 16.5. The average molecular weight is 402 g/mol. The van der Waals surface area contributed by atoms with Crippen LogP contribution < -0.4 is 5.32 Å². The molecule has 1 aliphatic rings. The lowest BCUT2D eigenvalue weighted by molar-refractivity contribution is 0.0642. The molecule has 1 fully saturated rings. The Bertz CT molecular complexity index is 818. The Morgan fingerprint density at radius 2 is 2.10 bits per heavy atom. The van der Waals surface area contributed by atoms with Crippen molar-refractivity contribution >= 4 is 11.6 Å². The first-order chi connectivity index (χ1) is 14.0. The van der Waals surface area contributed by atoms with Crippen molar-refractivity contribution in [3.8, 4) is 0 Å². The number of carbonyl (C=O) groups excluding carboxylic acids is 1. The fraction of sp³-hybridized carbons (Fsp3) is 0.429. The van der Waals surface area contributed by atoms with E-state index in [0.717, 1.165) is 39.0 Å². The predicted octanol–water partition coefficient (Wildman–Crippen LogP) is 2.51. The van der Waals surface area contributed by atoms with Crippen molar-refractivity contribution in [3.05, 3.63) is 60.6 Å². The summed E-state index contributed by atoms with van der Waals surface area (Å²) < 4.78 is 18.7. The molecule has 2 heterocycles. The third kappa shape index (κ3) is 6.49. The molecule has 1 aromatic heterocycles. The molecule has 1 aromatic carbocycles. The molecule has 7 nitrogen and oxygen atoms in total. The number of hydrogen-bond donors (Lipinski definition) is 2. The second kappa shape index (κ2) is 10.3. The van der Waals surface area contributed by atoms with Crippen LogP contribution in [0.25, 0.3) is 0 Å². The van der Waals surface area contributed by atoms with Gasteiger partial charge in [-0.15, -0.1) is 6.58 Å². The second-order valence-corrected chi connectivity index (χ2v) is 7.19. The van der Waals surface area contributed by atoms with Gasteiger partial charge in [0.25, 0.3) is 5.91 Å². The zero-order chi connectivity index (χ0) is 20.6. The van der Waals surface area contributed by atoms with Gasteiger partial charge in [-0.25, -0.2) is 9.37 Å². The number of hydrogen-bond acceptors (Lipinski definition) is 6. The zero-order valence-electron chi connectivity index (χ0n) is 16.4. The number of halogens is 1. The molecule has 0 radical (unpaired) electrons. The van der Waals surface area contributed by atoms with Crippen molar-refractivity contribution in [2.45, 2.75) is 25.5 Å². The number of anilines is 1. The Morgan fingerprint density at radius 3 is 2.83 bits per heavy atom. The molecule has 0 spiro atoms. The van der Waals surface area contributed by atoms with Crippen LogP contribution >= 0.6 is 0 Å². The van der Waals surface area contributed by atoms with Gasteiger partial charge in [-0.1, -0.05) is 12.1 Å². The van der Waals surface area contributed by atoms with Crippen molar-refractivity contribution in [2.24, 2.45) is 0 Å². The molecule has 8 heteroatoms. The maximum Gasteiger partial charge on any atom is 0.277 e. The van der Waals surface area contributed by atoms with Crippen molar-refractivity contribution in [1.29, 1.82) is 0 Å². The van der Waals surface area contributed by atoms with E-state index < -0.39 is 11.7 Å². The summed E-state index contributed by atoms with van der Waals surface area (Å²) in [5.41, 5.74) is 0.527. The minimum Gasteiger partial charge on any atom is -0.447 e. The Balaban J connectivity index is 1.44. The number of amides is 1. The minimum atomic E-state index is -0.441. The molecule has 1 aliphatic heterocycles. The van der Waals surface area contributed by atoms with E-state index in [4.69, 9.17) is 4.42 Å². The molecule has 0 aliphatic carbocycles. The van der Waals surface area contributed by atoms with Gasteiger partial charge in [0, 0.05) is 38.4 Å². The molecule has 0 bridgehead atoms. The van der Waals surface area contributed by atoms with Gasteiger partial charge in [0.2, 0.25) is 5.89 Å². The molecule has 1 atom stereocenters. The Labute approximate surface area is 169 Å². The second-order valence-electron chi connectivity index (χ2n) is 7.19. The maximum atomic E-state index is 13.2. The number of oxazole rings is 1. The highest BCUT2D eigenvalue weighted by molar-refractivity contribution is 6.02. The molecular formula is C21H27FN4O3. The summed E-state index contributed by atoms with van der Waals surface area (Å²) in [6, 6.07) is 5.69. The number of aliphatic hydroxyl groups excluding tert-OH is 1. The Hall–Kier alpha value is -2.55. The van der Waals surface area contributed by atoms with Gasteiger partial charge in [0.15, 0.2) is 5.69 Å². The van der Waals surface area contributed by atoms with Gasteiger partial charge in [0.1, 0.15) is 12.1 Å². The van der Waals surface area contributed by atoms with Crippen molar-refractivity contribution in [3.63, 3.8) is 0 Å². The lowest BCUT2D eigenvalue weighted by Gasteiger charge is -2.34. The average Bonchev–Trinajstić information content (AvgIpc) is 3.16. The SMILES string of the molecule is C=CCC[C@@H](O)CN1CCN(Cc2nc(C(=O)Nc3cccc(F)c3)co2)CC1. The summed E-state index contributed by atoms with van der Waals surface area (Å²) in [5.74, 6) is -0.395. The van der Waals surface area contributed by atoms with E-state index in [1.165, 1.54) is 24.5 Å². The smallest absolute Gasteiger partial charge is 0.277 e. The van der Waals surface area contributed by atoms with Crippen molar-refractivity contribution in [2.75, 3.05) is 38.0 Å². The maximum absolute atomic E-state index is 13.2. The van der Waals surface area contributed by atoms with Gasteiger partial charge >= 0.3 is 0 Å². The molecular weight excluding hydrogens is 375 g/mol. The molecule has 1 amide bonds. The molecule has 29 heavy (non-hydrogen) atoms. The summed E-state index contributed by atoms with van der Waals surface area (Å²) in [6.45, 7) is 8.25. The van der Waals surface area contributed by atoms with Crippen LogP contribution in [0.3, 0.4) is 0 Å². The standard InChI is InChI=1S/C21H27FN4O3/c1-2-3-7-18(27)13-25-8-10-26(11-9-25)14-20-24-19(15-29-20)21(28)23-17-6-4-5-16(22)12-17/h2,4-6,12,15,18,27H,1,3,7-11,13-14H2,(H,23,28)/t18-/m1/s1. The van der Waals surface area contributed by atoms with Gasteiger partial charge in [-0.05, 0) is 31.0 Å². The monoisotopic (exact) mass is 402 g/mol. The van der Waals surface area contributed by atoms with E-state index in [-0.39, 0.29) is 11.8 Å². The molecule has 0 unspecified atom stereocenters. The van der Waals surface area contributed by atoms with E-state index >= 15 is 0 Å². The van der Waals surface area contributed by atoms with Crippen molar-refractivity contribution in [1.82, 2.24) is 14.8 Å². The lowest BCUT2D eigenvalue weighted by Crippen LogP contribution is -2.48. The number of nitrogens with one attached hydrogen (secondary N) is 1. The van der Waals surface area contributed by atoms with Crippen LogP contribution in [0.2, 0.25) is 0 Å². The summed E-state index contributed by atoms with van der Waals surface area (Å²) in [6.07, 6.45) is 4.37. The van der Waals surface area contributed by atoms with Gasteiger partial charge in [-0.3, -0.25) is 14.6 Å². The number of allylic oxidation sites excluding steroid dienone is 1. The van der Waals surface area contributed by atoms with Crippen LogP contribution in [0, 0.1) is 5.82 Å². The van der Waals surface area contributed by atoms with E-state index in [1.807, 2.05) is 6.08 Å². The van der Waals surface area contributed by atoms with Crippen LogP contribution in [0.15, 0.2) is 47.6 Å². The number of rotatable bonds is 9.